The zero-order valence-corrected chi connectivity index (χ0v) is 15.3. The number of ether oxygens (including phenoxy) is 2. The van der Waals surface area contributed by atoms with Gasteiger partial charge in [-0.05, 0) is 30.3 Å². The summed E-state index contributed by atoms with van der Waals surface area (Å²) in [7, 11) is 0. The van der Waals surface area contributed by atoms with Crippen LogP contribution in [0.4, 0.5) is 27.6 Å². The van der Waals surface area contributed by atoms with Gasteiger partial charge in [0.25, 0.3) is 5.91 Å². The number of alkyl halides is 5. The summed E-state index contributed by atoms with van der Waals surface area (Å²) in [4.78, 5) is 15.8. The molecule has 3 rings (SSSR count). The summed E-state index contributed by atoms with van der Waals surface area (Å²) in [6, 6.07) is 7.85. The Morgan fingerprint density at radius 2 is 1.81 bits per heavy atom. The summed E-state index contributed by atoms with van der Waals surface area (Å²) in [6.45, 7) is -3.05. The number of hydrogen-bond acceptors (Lipinski definition) is 5. The molecule has 0 aliphatic rings. The number of amides is 1. The number of aromatic nitrogens is 2. The van der Waals surface area contributed by atoms with Crippen LogP contribution in [-0.2, 0) is 6.18 Å². The zero-order valence-electron chi connectivity index (χ0n) is 15.3. The maximum absolute atomic E-state index is 13.1. The van der Waals surface area contributed by atoms with Crippen molar-refractivity contribution in [3.63, 3.8) is 0 Å². The fourth-order valence-corrected chi connectivity index (χ4v) is 2.39. The highest BCUT2D eigenvalue weighted by Gasteiger charge is 2.34. The van der Waals surface area contributed by atoms with Gasteiger partial charge in [0.15, 0.2) is 6.20 Å². The van der Waals surface area contributed by atoms with Crippen molar-refractivity contribution < 1.29 is 41.0 Å². The van der Waals surface area contributed by atoms with E-state index in [1.165, 1.54) is 30.5 Å². The predicted molar refractivity (Wildman–Crippen MR) is 95.7 cm³/mol. The van der Waals surface area contributed by atoms with E-state index < -0.39 is 30.1 Å². The molecule has 2 heterocycles. The van der Waals surface area contributed by atoms with Crippen molar-refractivity contribution in [2.45, 2.75) is 12.8 Å². The normalized spacial score (nSPS) is 11.3. The van der Waals surface area contributed by atoms with Crippen LogP contribution in [0.15, 0.2) is 61.1 Å². The van der Waals surface area contributed by atoms with E-state index in [9.17, 15) is 32.0 Å². The number of nitrogens with zero attached hydrogens (tertiary/aromatic N) is 2. The highest BCUT2D eigenvalue weighted by Crippen LogP contribution is 2.34. The quantitative estimate of drug-likeness (QED) is 0.349. The molecule has 2 aromatic heterocycles. The van der Waals surface area contributed by atoms with E-state index in [-0.39, 0.29) is 22.7 Å². The van der Waals surface area contributed by atoms with Crippen molar-refractivity contribution in [1.29, 1.82) is 0 Å². The Labute approximate surface area is 171 Å². The second kappa shape index (κ2) is 8.81. The number of rotatable bonds is 6. The van der Waals surface area contributed by atoms with Crippen molar-refractivity contribution in [2.24, 2.45) is 0 Å². The number of anilines is 1. The van der Waals surface area contributed by atoms with Crippen LogP contribution in [0, 0.1) is 5.21 Å². The molecule has 0 spiro atoms. The van der Waals surface area contributed by atoms with E-state index in [0.717, 1.165) is 18.3 Å². The Balaban J connectivity index is 1.91. The first kappa shape index (κ1) is 21.7. The maximum atomic E-state index is 13.1. The van der Waals surface area contributed by atoms with E-state index in [1.807, 2.05) is 0 Å². The van der Waals surface area contributed by atoms with Crippen molar-refractivity contribution in [1.82, 2.24) is 4.98 Å². The van der Waals surface area contributed by atoms with Crippen LogP contribution in [0.1, 0.15) is 16.1 Å². The van der Waals surface area contributed by atoms with E-state index in [4.69, 9.17) is 4.74 Å². The van der Waals surface area contributed by atoms with Crippen LogP contribution in [0.25, 0.3) is 0 Å². The third-order valence-corrected chi connectivity index (χ3v) is 3.71. The number of carbonyl (C=O) groups excluding carboxylic acids is 1. The number of carbonyl (C=O) groups is 1. The van der Waals surface area contributed by atoms with Crippen LogP contribution in [0.5, 0.6) is 17.2 Å². The second-order valence-corrected chi connectivity index (χ2v) is 5.92. The number of halogens is 5. The molecular formula is C19H12F5N3O4. The fraction of sp³-hybridized carbons (Fsp3) is 0.105. The van der Waals surface area contributed by atoms with Crippen molar-refractivity contribution in [3.05, 3.63) is 77.5 Å². The molecule has 162 valence electrons. The number of pyridine rings is 2. The van der Waals surface area contributed by atoms with Crippen molar-refractivity contribution >= 4 is 11.6 Å². The van der Waals surface area contributed by atoms with Crippen molar-refractivity contribution in [2.75, 3.05) is 5.32 Å². The summed E-state index contributed by atoms with van der Waals surface area (Å²) >= 11 is 0. The first-order valence-electron chi connectivity index (χ1n) is 8.42. The summed E-state index contributed by atoms with van der Waals surface area (Å²) in [5.74, 6) is -1.62. The highest BCUT2D eigenvalue weighted by atomic mass is 19.4. The first-order valence-corrected chi connectivity index (χ1v) is 8.42. The molecule has 0 radical (unpaired) electrons. The fourth-order valence-electron chi connectivity index (χ4n) is 2.39. The minimum Gasteiger partial charge on any atom is -0.619 e. The molecule has 31 heavy (non-hydrogen) atoms. The van der Waals surface area contributed by atoms with Gasteiger partial charge in [-0.1, -0.05) is 0 Å². The van der Waals surface area contributed by atoms with Crippen LogP contribution in [-0.4, -0.2) is 17.5 Å². The average Bonchev–Trinajstić information content (AvgIpc) is 2.68. The molecule has 3 aromatic rings. The largest absolute Gasteiger partial charge is 0.619 e. The van der Waals surface area contributed by atoms with E-state index >= 15 is 0 Å². The zero-order chi connectivity index (χ0) is 22.6. The molecule has 1 N–H and O–H groups in total. The first-order chi connectivity index (χ1) is 14.6. The molecule has 0 bridgehead atoms. The van der Waals surface area contributed by atoms with Crippen molar-refractivity contribution in [3.8, 4) is 17.2 Å². The van der Waals surface area contributed by atoms with E-state index in [1.54, 1.807) is 0 Å². The van der Waals surface area contributed by atoms with Gasteiger partial charge in [-0.25, -0.2) is 0 Å². The number of hydrogen-bond donors (Lipinski definition) is 1. The van der Waals surface area contributed by atoms with Gasteiger partial charge >= 0.3 is 12.8 Å². The SMILES string of the molecule is O=C(Nc1ccc[n+]([O-])c1)c1cnc(C(F)(F)F)cc1Oc1ccc(OC(F)F)cc1. The topological polar surface area (TPSA) is 87.4 Å². The van der Waals surface area contributed by atoms with Gasteiger partial charge < -0.3 is 20.0 Å². The monoisotopic (exact) mass is 441 g/mol. The van der Waals surface area contributed by atoms with E-state index in [0.29, 0.717) is 17.0 Å². The Bertz CT molecular complexity index is 1070. The molecule has 0 saturated heterocycles. The second-order valence-electron chi connectivity index (χ2n) is 5.92. The van der Waals surface area contributed by atoms with Gasteiger partial charge in [0, 0.05) is 18.3 Å². The van der Waals surface area contributed by atoms with Gasteiger partial charge in [0.2, 0.25) is 6.20 Å². The summed E-state index contributed by atoms with van der Waals surface area (Å²) in [5.41, 5.74) is -1.59. The molecule has 0 atom stereocenters. The molecule has 0 aliphatic carbocycles. The molecule has 1 aromatic carbocycles. The standard InChI is InChI=1S/C19H12F5N3O4/c20-18(21)31-13-5-3-12(4-6-13)30-15-8-16(19(22,23)24)25-9-14(15)17(28)26-11-2-1-7-27(29)10-11/h1-10,18H,(H,26,28). The lowest BCUT2D eigenvalue weighted by molar-refractivity contribution is -0.604. The van der Waals surface area contributed by atoms with Crippen LogP contribution in [0.2, 0.25) is 0 Å². The molecule has 12 heteroatoms. The molecule has 1 amide bonds. The van der Waals surface area contributed by atoms with Gasteiger partial charge in [-0.3, -0.25) is 9.78 Å². The van der Waals surface area contributed by atoms with Crippen LogP contribution in [0.3, 0.4) is 0 Å². The molecule has 0 aliphatic heterocycles. The number of nitrogens with one attached hydrogen (secondary N) is 1. The molecule has 0 fully saturated rings. The lowest BCUT2D eigenvalue weighted by Gasteiger charge is -2.14. The molecule has 0 saturated carbocycles. The van der Waals surface area contributed by atoms with Gasteiger partial charge in [-0.15, -0.1) is 0 Å². The summed E-state index contributed by atoms with van der Waals surface area (Å²) in [5, 5.41) is 13.7. The highest BCUT2D eigenvalue weighted by molar-refractivity contribution is 6.05. The minimum atomic E-state index is -4.81. The Kier molecular flexibility index (Phi) is 6.18. The Morgan fingerprint density at radius 3 is 2.42 bits per heavy atom. The minimum absolute atomic E-state index is 0.0490. The molecular weight excluding hydrogens is 429 g/mol. The lowest BCUT2D eigenvalue weighted by Crippen LogP contribution is -2.25. The average molecular weight is 441 g/mol. The molecule has 7 nitrogen and oxygen atoms in total. The van der Waals surface area contributed by atoms with Gasteiger partial charge in [0.05, 0.1) is 0 Å². The third-order valence-electron chi connectivity index (χ3n) is 3.71. The van der Waals surface area contributed by atoms with Crippen LogP contribution >= 0.6 is 0 Å². The van der Waals surface area contributed by atoms with Crippen LogP contribution < -0.4 is 19.5 Å². The summed E-state index contributed by atoms with van der Waals surface area (Å²) < 4.78 is 73.6. The number of benzene rings is 1. The Morgan fingerprint density at radius 1 is 1.13 bits per heavy atom. The lowest BCUT2D eigenvalue weighted by atomic mass is 10.2. The predicted octanol–water partition coefficient (Wildman–Crippen LogP) is 4.38. The summed E-state index contributed by atoms with van der Waals surface area (Å²) in [6.07, 6.45) is -1.92. The van der Waals surface area contributed by atoms with E-state index in [2.05, 4.69) is 15.0 Å². The molecule has 0 unspecified atom stereocenters. The Hall–Kier alpha value is -3.96. The smallest absolute Gasteiger partial charge is 0.433 e. The third kappa shape index (κ3) is 5.78. The van der Waals surface area contributed by atoms with Gasteiger partial charge in [0.1, 0.15) is 34.2 Å². The maximum Gasteiger partial charge on any atom is 0.433 e. The van der Waals surface area contributed by atoms with Gasteiger partial charge in [-0.2, -0.15) is 26.7 Å².